The van der Waals surface area contributed by atoms with Gasteiger partial charge in [-0.05, 0) is 35.9 Å². The lowest BCUT2D eigenvalue weighted by Gasteiger charge is -2.11. The Morgan fingerprint density at radius 3 is 2.56 bits per heavy atom. The zero-order valence-corrected chi connectivity index (χ0v) is 13.7. The van der Waals surface area contributed by atoms with Crippen LogP contribution in [0.15, 0.2) is 48.5 Å². The average molecular weight is 359 g/mol. The third-order valence-electron chi connectivity index (χ3n) is 3.09. The largest absolute Gasteiger partial charge is 0.478 e. The Morgan fingerprint density at radius 1 is 1.16 bits per heavy atom. The molecule has 2 rings (SSSR count). The number of rotatable bonds is 5. The van der Waals surface area contributed by atoms with E-state index in [9.17, 15) is 9.59 Å². The number of amides is 1. The van der Waals surface area contributed by atoms with Crippen LogP contribution in [0.2, 0.25) is 5.02 Å². The van der Waals surface area contributed by atoms with Crippen molar-refractivity contribution in [2.24, 2.45) is 5.73 Å². The monoisotopic (exact) mass is 358 g/mol. The maximum absolute atomic E-state index is 12.5. The molecule has 2 aromatic carbocycles. The zero-order valence-electron chi connectivity index (χ0n) is 12.9. The van der Waals surface area contributed by atoms with Crippen LogP contribution in [-0.2, 0) is 4.79 Å². The number of guanidine groups is 1. The third-order valence-corrected chi connectivity index (χ3v) is 3.41. The van der Waals surface area contributed by atoms with E-state index in [0.717, 1.165) is 6.08 Å². The Labute approximate surface area is 148 Å². The zero-order chi connectivity index (χ0) is 18.4. The lowest BCUT2D eigenvalue weighted by Crippen LogP contribution is -2.21. The summed E-state index contributed by atoms with van der Waals surface area (Å²) in [6, 6.07) is 11.3. The SMILES string of the molecule is N=C(N)Nc1cccc(C(=O)Nc2c(Cl)cccc2C=CC(=O)O)c1. The number of hydrogen-bond donors (Lipinski definition) is 5. The number of halogens is 1. The van der Waals surface area contributed by atoms with Crippen molar-refractivity contribution in [3.8, 4) is 0 Å². The molecule has 0 aromatic heterocycles. The molecule has 25 heavy (non-hydrogen) atoms. The van der Waals surface area contributed by atoms with E-state index >= 15 is 0 Å². The van der Waals surface area contributed by atoms with Crippen LogP contribution in [0.4, 0.5) is 11.4 Å². The van der Waals surface area contributed by atoms with E-state index in [4.69, 9.17) is 27.9 Å². The Kier molecular flexibility index (Phi) is 5.75. The molecule has 0 aliphatic carbocycles. The highest BCUT2D eigenvalue weighted by Gasteiger charge is 2.12. The maximum Gasteiger partial charge on any atom is 0.328 e. The molecule has 7 nitrogen and oxygen atoms in total. The number of nitrogens with one attached hydrogen (secondary N) is 3. The molecule has 0 bridgehead atoms. The van der Waals surface area contributed by atoms with E-state index in [1.54, 1.807) is 36.4 Å². The molecular formula is C17H15ClN4O3. The van der Waals surface area contributed by atoms with Crippen LogP contribution in [0, 0.1) is 5.41 Å². The van der Waals surface area contributed by atoms with Crippen LogP contribution in [0.3, 0.4) is 0 Å². The molecule has 0 spiro atoms. The number of benzene rings is 2. The summed E-state index contributed by atoms with van der Waals surface area (Å²) < 4.78 is 0. The predicted octanol–water partition coefficient (Wildman–Crippen LogP) is 3.00. The van der Waals surface area contributed by atoms with E-state index in [1.807, 2.05) is 0 Å². The number of carbonyl (C=O) groups is 2. The number of carbonyl (C=O) groups excluding carboxylic acids is 1. The van der Waals surface area contributed by atoms with Crippen LogP contribution in [0.5, 0.6) is 0 Å². The van der Waals surface area contributed by atoms with Crippen molar-refractivity contribution < 1.29 is 14.7 Å². The molecular weight excluding hydrogens is 344 g/mol. The summed E-state index contributed by atoms with van der Waals surface area (Å²) in [4.78, 5) is 23.2. The molecule has 6 N–H and O–H groups in total. The van der Waals surface area contributed by atoms with Gasteiger partial charge in [0.25, 0.3) is 5.91 Å². The molecule has 0 unspecified atom stereocenters. The number of para-hydroxylation sites is 1. The van der Waals surface area contributed by atoms with Gasteiger partial charge in [-0.1, -0.05) is 29.8 Å². The van der Waals surface area contributed by atoms with E-state index in [2.05, 4.69) is 10.6 Å². The third kappa shape index (κ3) is 5.08. The fraction of sp³-hybridized carbons (Fsp3) is 0. The van der Waals surface area contributed by atoms with E-state index in [1.165, 1.54) is 12.1 Å². The minimum Gasteiger partial charge on any atom is -0.478 e. The van der Waals surface area contributed by atoms with Gasteiger partial charge in [-0.15, -0.1) is 0 Å². The molecule has 0 heterocycles. The molecule has 0 fully saturated rings. The van der Waals surface area contributed by atoms with Crippen molar-refractivity contribution in [2.45, 2.75) is 0 Å². The highest BCUT2D eigenvalue weighted by molar-refractivity contribution is 6.34. The van der Waals surface area contributed by atoms with Gasteiger partial charge in [0.15, 0.2) is 5.96 Å². The molecule has 0 radical (unpaired) electrons. The Balaban J connectivity index is 2.29. The van der Waals surface area contributed by atoms with Crippen molar-refractivity contribution in [3.05, 3.63) is 64.7 Å². The van der Waals surface area contributed by atoms with Crippen LogP contribution in [0.25, 0.3) is 6.08 Å². The van der Waals surface area contributed by atoms with Gasteiger partial charge in [0.05, 0.1) is 10.7 Å². The number of hydrogen-bond acceptors (Lipinski definition) is 3. The summed E-state index contributed by atoms with van der Waals surface area (Å²) in [6.45, 7) is 0. The first kappa shape index (κ1) is 18.0. The molecule has 128 valence electrons. The van der Waals surface area contributed by atoms with Crippen molar-refractivity contribution in [1.82, 2.24) is 0 Å². The Bertz CT molecular complexity index is 865. The van der Waals surface area contributed by atoms with Crippen LogP contribution >= 0.6 is 11.6 Å². The van der Waals surface area contributed by atoms with E-state index in [-0.39, 0.29) is 11.0 Å². The number of aliphatic carboxylic acids is 1. The molecule has 1 amide bonds. The average Bonchev–Trinajstić information content (AvgIpc) is 2.54. The summed E-state index contributed by atoms with van der Waals surface area (Å²) in [5.74, 6) is -1.80. The Hall–Kier alpha value is -3.32. The van der Waals surface area contributed by atoms with Crippen LogP contribution in [0.1, 0.15) is 15.9 Å². The molecule has 0 saturated heterocycles. The summed E-state index contributed by atoms with van der Waals surface area (Å²) in [7, 11) is 0. The molecule has 0 saturated carbocycles. The Morgan fingerprint density at radius 2 is 1.88 bits per heavy atom. The number of carboxylic acids is 1. The van der Waals surface area contributed by atoms with Gasteiger partial charge in [0.1, 0.15) is 0 Å². The van der Waals surface area contributed by atoms with Crippen molar-refractivity contribution in [3.63, 3.8) is 0 Å². The normalized spacial score (nSPS) is 10.4. The first-order valence-electron chi connectivity index (χ1n) is 7.09. The van der Waals surface area contributed by atoms with Gasteiger partial charge >= 0.3 is 5.97 Å². The lowest BCUT2D eigenvalue weighted by atomic mass is 10.1. The van der Waals surface area contributed by atoms with Gasteiger partial charge in [0.2, 0.25) is 0 Å². The maximum atomic E-state index is 12.5. The van der Waals surface area contributed by atoms with E-state index < -0.39 is 11.9 Å². The fourth-order valence-electron chi connectivity index (χ4n) is 2.05. The minimum atomic E-state index is -1.11. The first-order valence-corrected chi connectivity index (χ1v) is 7.46. The van der Waals surface area contributed by atoms with Crippen molar-refractivity contribution >= 4 is 46.9 Å². The fourth-order valence-corrected chi connectivity index (χ4v) is 2.28. The van der Waals surface area contributed by atoms with Gasteiger partial charge in [-0.3, -0.25) is 10.2 Å². The van der Waals surface area contributed by atoms with Gasteiger partial charge in [-0.2, -0.15) is 0 Å². The lowest BCUT2D eigenvalue weighted by molar-refractivity contribution is -0.131. The van der Waals surface area contributed by atoms with Gasteiger partial charge < -0.3 is 21.5 Å². The number of carboxylic acid groups (broad SMARTS) is 1. The highest BCUT2D eigenvalue weighted by Crippen LogP contribution is 2.28. The molecule has 0 aliphatic rings. The summed E-state index contributed by atoms with van der Waals surface area (Å²) >= 11 is 6.12. The minimum absolute atomic E-state index is 0.246. The molecule has 0 aliphatic heterocycles. The van der Waals surface area contributed by atoms with Gasteiger partial charge in [-0.25, -0.2) is 4.79 Å². The summed E-state index contributed by atoms with van der Waals surface area (Å²) in [6.07, 6.45) is 2.30. The second-order valence-electron chi connectivity index (χ2n) is 4.95. The number of nitrogens with two attached hydrogens (primary N) is 1. The standard InChI is InChI=1S/C17H15ClN4O3/c18-13-6-2-3-10(7-8-14(23)24)15(13)22-16(25)11-4-1-5-12(9-11)21-17(19)20/h1-9H,(H,22,25)(H,23,24)(H4,19,20,21). The second-order valence-corrected chi connectivity index (χ2v) is 5.36. The number of anilines is 2. The molecule has 2 aromatic rings. The smallest absolute Gasteiger partial charge is 0.328 e. The van der Waals surface area contributed by atoms with Crippen LogP contribution in [-0.4, -0.2) is 22.9 Å². The molecule has 0 atom stereocenters. The topological polar surface area (TPSA) is 128 Å². The summed E-state index contributed by atoms with van der Waals surface area (Å²) in [5.41, 5.74) is 6.84. The summed E-state index contributed by atoms with van der Waals surface area (Å²) in [5, 5.41) is 21.5. The van der Waals surface area contributed by atoms with Crippen molar-refractivity contribution in [2.75, 3.05) is 10.6 Å². The highest BCUT2D eigenvalue weighted by atomic mass is 35.5. The second kappa shape index (κ2) is 7.98. The van der Waals surface area contributed by atoms with Crippen LogP contribution < -0.4 is 16.4 Å². The van der Waals surface area contributed by atoms with Gasteiger partial charge in [0, 0.05) is 17.3 Å². The van der Waals surface area contributed by atoms with E-state index in [0.29, 0.717) is 22.5 Å². The van der Waals surface area contributed by atoms with Crippen molar-refractivity contribution in [1.29, 1.82) is 5.41 Å². The predicted molar refractivity (Wildman–Crippen MR) is 98.1 cm³/mol. The first-order chi connectivity index (χ1) is 11.9. The molecule has 8 heteroatoms. The quantitative estimate of drug-likeness (QED) is 0.319.